The molecule has 0 saturated carbocycles. The van der Waals surface area contributed by atoms with Gasteiger partial charge in [0.2, 0.25) is 0 Å². The number of hydrogen-bond donors (Lipinski definition) is 0. The summed E-state index contributed by atoms with van der Waals surface area (Å²) in [6, 6.07) is 14.4. The zero-order chi connectivity index (χ0) is 17.9. The van der Waals surface area contributed by atoms with Crippen molar-refractivity contribution in [1.82, 2.24) is 0 Å². The van der Waals surface area contributed by atoms with E-state index in [0.717, 1.165) is 5.56 Å². The van der Waals surface area contributed by atoms with Gasteiger partial charge in [-0.15, -0.1) is 0 Å². The fourth-order valence-electron chi connectivity index (χ4n) is 2.51. The van der Waals surface area contributed by atoms with Crippen LogP contribution in [0.1, 0.15) is 54.0 Å². The van der Waals surface area contributed by atoms with Crippen LogP contribution in [0.15, 0.2) is 48.5 Å². The third-order valence-corrected chi connectivity index (χ3v) is 4.17. The van der Waals surface area contributed by atoms with E-state index >= 15 is 0 Å². The van der Waals surface area contributed by atoms with Gasteiger partial charge in [-0.2, -0.15) is 0 Å². The monoisotopic (exact) mass is 324 g/mol. The fraction of sp³-hybridized carbons (Fsp3) is 0.333. The highest BCUT2D eigenvalue weighted by atomic mass is 16.5. The minimum atomic E-state index is -0.714. The summed E-state index contributed by atoms with van der Waals surface area (Å²) in [5.74, 6) is -0.359. The molecule has 0 amide bonds. The Morgan fingerprint density at radius 1 is 0.917 bits per heavy atom. The van der Waals surface area contributed by atoms with E-state index in [2.05, 4.69) is 20.8 Å². The second kappa shape index (κ2) is 7.00. The second-order valence-electron chi connectivity index (χ2n) is 7.01. The Balaban J connectivity index is 2.23. The number of hydrogen-bond acceptors (Lipinski definition) is 3. The SMILES string of the molecule is COc1ccc(C(=O)C(C)C(=O)c2cccc(C(C)(C)C)c2)cc1. The number of rotatable bonds is 5. The maximum absolute atomic E-state index is 12.7. The van der Waals surface area contributed by atoms with Crippen molar-refractivity contribution in [3.8, 4) is 5.75 Å². The number of Topliss-reactive ketones (excluding diaryl/α,β-unsaturated/α-hetero) is 2. The van der Waals surface area contributed by atoms with E-state index in [4.69, 9.17) is 4.74 Å². The van der Waals surface area contributed by atoms with Gasteiger partial charge in [-0.25, -0.2) is 0 Å². The highest BCUT2D eigenvalue weighted by Gasteiger charge is 2.25. The first kappa shape index (κ1) is 17.9. The Morgan fingerprint density at radius 3 is 2.04 bits per heavy atom. The second-order valence-corrected chi connectivity index (χ2v) is 7.01. The van der Waals surface area contributed by atoms with Crippen molar-refractivity contribution in [2.75, 3.05) is 7.11 Å². The van der Waals surface area contributed by atoms with Crippen LogP contribution in [0.25, 0.3) is 0 Å². The molecule has 0 spiro atoms. The Bertz CT molecular complexity index is 736. The fourth-order valence-corrected chi connectivity index (χ4v) is 2.51. The van der Waals surface area contributed by atoms with Gasteiger partial charge in [-0.1, -0.05) is 39.0 Å². The summed E-state index contributed by atoms with van der Waals surface area (Å²) < 4.78 is 5.09. The number of carbonyl (C=O) groups excluding carboxylic acids is 2. The average molecular weight is 324 g/mol. The van der Waals surface area contributed by atoms with Gasteiger partial charge in [0.25, 0.3) is 0 Å². The van der Waals surface area contributed by atoms with E-state index < -0.39 is 5.92 Å². The molecule has 0 aromatic heterocycles. The molecular formula is C21H24O3. The van der Waals surface area contributed by atoms with E-state index in [1.165, 1.54) is 0 Å². The van der Waals surface area contributed by atoms with Gasteiger partial charge in [-0.05, 0) is 48.2 Å². The predicted octanol–water partition coefficient (Wildman–Crippen LogP) is 4.69. The molecule has 24 heavy (non-hydrogen) atoms. The van der Waals surface area contributed by atoms with Crippen LogP contribution in [0.3, 0.4) is 0 Å². The van der Waals surface area contributed by atoms with Gasteiger partial charge in [0.05, 0.1) is 13.0 Å². The van der Waals surface area contributed by atoms with Crippen LogP contribution in [0.4, 0.5) is 0 Å². The van der Waals surface area contributed by atoms with Crippen LogP contribution >= 0.6 is 0 Å². The number of ether oxygens (including phenoxy) is 1. The predicted molar refractivity (Wildman–Crippen MR) is 96.0 cm³/mol. The zero-order valence-electron chi connectivity index (χ0n) is 14.9. The van der Waals surface area contributed by atoms with Gasteiger partial charge < -0.3 is 4.74 Å². The van der Waals surface area contributed by atoms with Crippen molar-refractivity contribution in [3.63, 3.8) is 0 Å². The molecule has 0 radical (unpaired) electrons. The highest BCUT2D eigenvalue weighted by Crippen LogP contribution is 2.24. The summed E-state index contributed by atoms with van der Waals surface area (Å²) in [4.78, 5) is 25.3. The molecule has 2 rings (SSSR count). The maximum Gasteiger partial charge on any atom is 0.173 e. The molecule has 0 aliphatic rings. The zero-order valence-corrected chi connectivity index (χ0v) is 14.9. The molecule has 2 aromatic carbocycles. The van der Waals surface area contributed by atoms with Gasteiger partial charge in [0.15, 0.2) is 11.6 Å². The lowest BCUT2D eigenvalue weighted by Crippen LogP contribution is -2.22. The molecule has 0 aliphatic carbocycles. The molecule has 0 fully saturated rings. The summed E-state index contributed by atoms with van der Waals surface area (Å²) in [6.45, 7) is 7.96. The van der Waals surface area contributed by atoms with Crippen LogP contribution in [-0.2, 0) is 5.41 Å². The van der Waals surface area contributed by atoms with Gasteiger partial charge >= 0.3 is 0 Å². The van der Waals surface area contributed by atoms with Crippen LogP contribution < -0.4 is 4.74 Å². The molecular weight excluding hydrogens is 300 g/mol. The standard InChI is InChI=1S/C21H24O3/c1-14(19(22)15-9-11-18(24-5)12-10-15)20(23)16-7-6-8-17(13-16)21(2,3)4/h6-14H,1-5H3. The summed E-state index contributed by atoms with van der Waals surface area (Å²) >= 11 is 0. The topological polar surface area (TPSA) is 43.4 Å². The molecule has 1 atom stereocenters. The van der Waals surface area contributed by atoms with Crippen molar-refractivity contribution in [2.45, 2.75) is 33.1 Å². The summed E-state index contributed by atoms with van der Waals surface area (Å²) in [5.41, 5.74) is 2.14. The molecule has 0 heterocycles. The molecule has 126 valence electrons. The van der Waals surface area contributed by atoms with Crippen molar-refractivity contribution in [3.05, 3.63) is 65.2 Å². The van der Waals surface area contributed by atoms with E-state index in [1.807, 2.05) is 18.2 Å². The van der Waals surface area contributed by atoms with Crippen LogP contribution in [0, 0.1) is 5.92 Å². The highest BCUT2D eigenvalue weighted by molar-refractivity contribution is 6.15. The van der Waals surface area contributed by atoms with E-state index in [-0.39, 0.29) is 17.0 Å². The normalized spacial score (nSPS) is 12.5. The molecule has 3 nitrogen and oxygen atoms in total. The minimum Gasteiger partial charge on any atom is -0.497 e. The summed E-state index contributed by atoms with van der Waals surface area (Å²) in [5, 5.41) is 0. The van der Waals surface area contributed by atoms with Crippen LogP contribution in [-0.4, -0.2) is 18.7 Å². The van der Waals surface area contributed by atoms with Crippen molar-refractivity contribution >= 4 is 11.6 Å². The number of methoxy groups -OCH3 is 1. The first-order valence-corrected chi connectivity index (χ1v) is 8.07. The molecule has 0 N–H and O–H groups in total. The van der Waals surface area contributed by atoms with E-state index in [9.17, 15) is 9.59 Å². The van der Waals surface area contributed by atoms with E-state index in [1.54, 1.807) is 44.4 Å². The third kappa shape index (κ3) is 3.91. The first-order valence-electron chi connectivity index (χ1n) is 8.07. The van der Waals surface area contributed by atoms with Gasteiger partial charge in [0, 0.05) is 11.1 Å². The Labute approximate surface area is 143 Å². The number of benzene rings is 2. The molecule has 0 saturated heterocycles. The molecule has 1 unspecified atom stereocenters. The van der Waals surface area contributed by atoms with Crippen molar-refractivity contribution < 1.29 is 14.3 Å². The van der Waals surface area contributed by atoms with Crippen LogP contribution in [0.2, 0.25) is 0 Å². The smallest absolute Gasteiger partial charge is 0.173 e. The Kier molecular flexibility index (Phi) is 5.23. The van der Waals surface area contributed by atoms with E-state index in [0.29, 0.717) is 16.9 Å². The molecule has 0 aliphatic heterocycles. The summed E-state index contributed by atoms with van der Waals surface area (Å²) in [7, 11) is 1.57. The van der Waals surface area contributed by atoms with Gasteiger partial charge in [-0.3, -0.25) is 9.59 Å². The summed E-state index contributed by atoms with van der Waals surface area (Å²) in [6.07, 6.45) is 0. The number of ketones is 2. The average Bonchev–Trinajstić information content (AvgIpc) is 2.59. The maximum atomic E-state index is 12.7. The first-order chi connectivity index (χ1) is 11.2. The Morgan fingerprint density at radius 2 is 1.50 bits per heavy atom. The molecule has 3 heteroatoms. The number of carbonyl (C=O) groups is 2. The molecule has 0 bridgehead atoms. The lowest BCUT2D eigenvalue weighted by Gasteiger charge is -2.20. The quantitative estimate of drug-likeness (QED) is 0.592. The lowest BCUT2D eigenvalue weighted by atomic mass is 9.84. The largest absolute Gasteiger partial charge is 0.497 e. The van der Waals surface area contributed by atoms with Crippen molar-refractivity contribution in [1.29, 1.82) is 0 Å². The Hall–Kier alpha value is -2.42. The third-order valence-electron chi connectivity index (χ3n) is 4.17. The van der Waals surface area contributed by atoms with Crippen molar-refractivity contribution in [2.24, 2.45) is 5.92 Å². The molecule has 2 aromatic rings. The minimum absolute atomic E-state index is 0.0421. The van der Waals surface area contributed by atoms with Gasteiger partial charge in [0.1, 0.15) is 5.75 Å². The lowest BCUT2D eigenvalue weighted by molar-refractivity contribution is 0.0820. The van der Waals surface area contributed by atoms with Crippen LogP contribution in [0.5, 0.6) is 5.75 Å².